The molecule has 0 radical (unpaired) electrons. The van der Waals surface area contributed by atoms with Crippen LogP contribution in [0.5, 0.6) is 0 Å². The summed E-state index contributed by atoms with van der Waals surface area (Å²) >= 11 is 0. The summed E-state index contributed by atoms with van der Waals surface area (Å²) in [5, 5.41) is 0. The molecule has 0 spiro atoms. The average Bonchev–Trinajstić information content (AvgIpc) is 2.10. The van der Waals surface area contributed by atoms with Crippen LogP contribution < -0.4 is 0 Å². The van der Waals surface area contributed by atoms with E-state index >= 15 is 0 Å². The van der Waals surface area contributed by atoms with Crippen LogP contribution in [-0.4, -0.2) is 29.8 Å². The van der Waals surface area contributed by atoms with Crippen molar-refractivity contribution in [3.63, 3.8) is 0 Å². The Morgan fingerprint density at radius 2 is 2.46 bits per heavy atom. The van der Waals surface area contributed by atoms with Gasteiger partial charge in [0.1, 0.15) is 5.78 Å². The first-order valence-corrected chi connectivity index (χ1v) is 5.02. The number of carbonyl (C=O) groups excluding carboxylic acids is 1. The second kappa shape index (κ2) is 4.56. The number of piperidine rings is 1. The molecular formula is C11H19NO. The van der Waals surface area contributed by atoms with Gasteiger partial charge in [-0.1, -0.05) is 13.0 Å². The third kappa shape index (κ3) is 2.66. The Morgan fingerprint density at radius 1 is 1.77 bits per heavy atom. The number of hydrogen-bond acceptors (Lipinski definition) is 2. The van der Waals surface area contributed by atoms with Crippen LogP contribution in [0.4, 0.5) is 0 Å². The van der Waals surface area contributed by atoms with E-state index in [9.17, 15) is 4.79 Å². The molecule has 2 atom stereocenters. The molecule has 13 heavy (non-hydrogen) atoms. The Balaban J connectivity index is 2.44. The number of hydrogen-bond donors (Lipinski definition) is 0. The zero-order chi connectivity index (χ0) is 9.84. The first-order valence-electron chi connectivity index (χ1n) is 5.02. The Bertz CT molecular complexity index is 200. The van der Waals surface area contributed by atoms with Crippen LogP contribution in [0.1, 0.15) is 26.7 Å². The molecule has 74 valence electrons. The van der Waals surface area contributed by atoms with E-state index in [0.717, 1.165) is 25.9 Å². The smallest absolute Gasteiger partial charge is 0.138 e. The van der Waals surface area contributed by atoms with Gasteiger partial charge in [0, 0.05) is 31.5 Å². The first-order chi connectivity index (χ1) is 6.15. The van der Waals surface area contributed by atoms with Gasteiger partial charge in [-0.05, 0) is 13.3 Å². The molecule has 0 aromatic rings. The number of likely N-dealkylation sites (tertiary alicyclic amines) is 1. The highest BCUT2D eigenvalue weighted by atomic mass is 16.1. The summed E-state index contributed by atoms with van der Waals surface area (Å²) in [6.07, 6.45) is 3.69. The Labute approximate surface area is 80.6 Å². The molecule has 1 aliphatic heterocycles. The van der Waals surface area contributed by atoms with E-state index in [4.69, 9.17) is 0 Å². The molecule has 0 aromatic carbocycles. The Hall–Kier alpha value is -0.630. The van der Waals surface area contributed by atoms with E-state index < -0.39 is 0 Å². The second-order valence-electron chi connectivity index (χ2n) is 3.99. The van der Waals surface area contributed by atoms with Gasteiger partial charge in [-0.2, -0.15) is 0 Å². The molecule has 1 rings (SSSR count). The fourth-order valence-electron chi connectivity index (χ4n) is 1.84. The van der Waals surface area contributed by atoms with Crippen LogP contribution in [0, 0.1) is 5.92 Å². The van der Waals surface area contributed by atoms with Crippen LogP contribution in [0.25, 0.3) is 0 Å². The summed E-state index contributed by atoms with van der Waals surface area (Å²) in [5.74, 6) is 0.642. The van der Waals surface area contributed by atoms with Crippen LogP contribution in [-0.2, 0) is 4.79 Å². The van der Waals surface area contributed by atoms with E-state index in [2.05, 4.69) is 18.4 Å². The van der Waals surface area contributed by atoms with Gasteiger partial charge in [-0.15, -0.1) is 6.58 Å². The molecule has 2 nitrogen and oxygen atoms in total. The highest BCUT2D eigenvalue weighted by Crippen LogP contribution is 2.16. The van der Waals surface area contributed by atoms with E-state index in [1.54, 1.807) is 0 Å². The van der Waals surface area contributed by atoms with Crippen LogP contribution in [0.2, 0.25) is 0 Å². The zero-order valence-corrected chi connectivity index (χ0v) is 8.62. The maximum Gasteiger partial charge on any atom is 0.138 e. The lowest BCUT2D eigenvalue weighted by molar-refractivity contribution is -0.126. The molecule has 2 heteroatoms. The minimum atomic E-state index is 0.223. The summed E-state index contributed by atoms with van der Waals surface area (Å²) < 4.78 is 0. The standard InChI is InChI=1S/C11H19NO/c1-4-5-10(3)12-7-6-11(13)9(2)8-12/h4,9-10H,1,5-8H2,2-3H3. The zero-order valence-electron chi connectivity index (χ0n) is 8.62. The second-order valence-corrected chi connectivity index (χ2v) is 3.99. The normalized spacial score (nSPS) is 27.2. The third-order valence-corrected chi connectivity index (χ3v) is 2.83. The van der Waals surface area contributed by atoms with Crippen molar-refractivity contribution < 1.29 is 4.79 Å². The lowest BCUT2D eigenvalue weighted by Gasteiger charge is -2.34. The summed E-state index contributed by atoms with van der Waals surface area (Å²) in [5.41, 5.74) is 0. The average molecular weight is 181 g/mol. The summed E-state index contributed by atoms with van der Waals surface area (Å²) in [6, 6.07) is 0.535. The fourth-order valence-corrected chi connectivity index (χ4v) is 1.84. The largest absolute Gasteiger partial charge is 0.299 e. The van der Waals surface area contributed by atoms with Crippen molar-refractivity contribution in [2.45, 2.75) is 32.7 Å². The SMILES string of the molecule is C=CCC(C)N1CCC(=O)C(C)C1. The molecule has 1 aliphatic rings. The summed E-state index contributed by atoms with van der Waals surface area (Å²) in [4.78, 5) is 13.7. The number of nitrogens with zero attached hydrogens (tertiary/aromatic N) is 1. The number of rotatable bonds is 3. The highest BCUT2D eigenvalue weighted by Gasteiger charge is 2.25. The lowest BCUT2D eigenvalue weighted by atomic mass is 9.97. The lowest BCUT2D eigenvalue weighted by Crippen LogP contribution is -2.44. The highest BCUT2D eigenvalue weighted by molar-refractivity contribution is 5.81. The van der Waals surface area contributed by atoms with Gasteiger partial charge in [0.25, 0.3) is 0 Å². The molecule has 0 N–H and O–H groups in total. The van der Waals surface area contributed by atoms with Gasteiger partial charge in [-0.25, -0.2) is 0 Å². The fraction of sp³-hybridized carbons (Fsp3) is 0.727. The van der Waals surface area contributed by atoms with Crippen molar-refractivity contribution in [2.75, 3.05) is 13.1 Å². The van der Waals surface area contributed by atoms with Gasteiger partial charge in [0.2, 0.25) is 0 Å². The van der Waals surface area contributed by atoms with E-state index in [1.165, 1.54) is 0 Å². The first kappa shape index (κ1) is 10.5. The quantitative estimate of drug-likeness (QED) is 0.619. The molecule has 1 fully saturated rings. The Morgan fingerprint density at radius 3 is 3.00 bits per heavy atom. The third-order valence-electron chi connectivity index (χ3n) is 2.83. The molecule has 1 heterocycles. The minimum Gasteiger partial charge on any atom is -0.299 e. The molecule has 0 bridgehead atoms. The van der Waals surface area contributed by atoms with Crippen LogP contribution in [0.3, 0.4) is 0 Å². The van der Waals surface area contributed by atoms with Gasteiger partial charge in [0.15, 0.2) is 0 Å². The van der Waals surface area contributed by atoms with Crippen molar-refractivity contribution in [1.82, 2.24) is 4.90 Å². The molecule has 0 aromatic heterocycles. The maximum absolute atomic E-state index is 11.3. The van der Waals surface area contributed by atoms with Gasteiger partial charge in [0.05, 0.1) is 0 Å². The minimum absolute atomic E-state index is 0.223. The number of Topliss-reactive ketones (excluding diaryl/α,β-unsaturated/α-hetero) is 1. The van der Waals surface area contributed by atoms with Gasteiger partial charge in [-0.3, -0.25) is 9.69 Å². The molecule has 0 amide bonds. The monoisotopic (exact) mass is 181 g/mol. The summed E-state index contributed by atoms with van der Waals surface area (Å²) in [7, 11) is 0. The van der Waals surface area contributed by atoms with Crippen LogP contribution >= 0.6 is 0 Å². The van der Waals surface area contributed by atoms with Crippen molar-refractivity contribution in [3.05, 3.63) is 12.7 Å². The van der Waals surface area contributed by atoms with Crippen molar-refractivity contribution >= 4 is 5.78 Å². The van der Waals surface area contributed by atoms with E-state index in [-0.39, 0.29) is 5.92 Å². The topological polar surface area (TPSA) is 20.3 Å². The van der Waals surface area contributed by atoms with Crippen molar-refractivity contribution in [3.8, 4) is 0 Å². The molecule has 2 unspecified atom stereocenters. The van der Waals surface area contributed by atoms with Crippen LogP contribution in [0.15, 0.2) is 12.7 Å². The van der Waals surface area contributed by atoms with E-state index in [0.29, 0.717) is 11.8 Å². The Kier molecular flexibility index (Phi) is 3.67. The maximum atomic E-state index is 11.3. The number of ketones is 1. The molecular weight excluding hydrogens is 162 g/mol. The van der Waals surface area contributed by atoms with E-state index in [1.807, 2.05) is 13.0 Å². The summed E-state index contributed by atoms with van der Waals surface area (Å²) in [6.45, 7) is 9.81. The predicted molar refractivity (Wildman–Crippen MR) is 54.6 cm³/mol. The van der Waals surface area contributed by atoms with Crippen molar-refractivity contribution in [1.29, 1.82) is 0 Å². The predicted octanol–water partition coefficient (Wildman–Crippen LogP) is 1.86. The molecule has 0 saturated carbocycles. The van der Waals surface area contributed by atoms with Crippen molar-refractivity contribution in [2.24, 2.45) is 5.92 Å². The van der Waals surface area contributed by atoms with Gasteiger partial charge < -0.3 is 0 Å². The molecule has 1 saturated heterocycles. The number of carbonyl (C=O) groups is 1. The van der Waals surface area contributed by atoms with Gasteiger partial charge >= 0.3 is 0 Å². The molecule has 0 aliphatic carbocycles.